The number of hydrogen-bond donors (Lipinski definition) is 2. The Balaban J connectivity index is 2.27. The summed E-state index contributed by atoms with van der Waals surface area (Å²) in [5, 5.41) is 2.99. The molecule has 2 atom stereocenters. The number of carbonyl (C=O) groups excluding carboxylic acids is 1. The Labute approximate surface area is 98.6 Å². The van der Waals surface area contributed by atoms with Crippen molar-refractivity contribution in [3.8, 4) is 0 Å². The third kappa shape index (κ3) is 4.49. The molecular formula is C12H25N3O. The molecule has 1 heterocycles. The maximum absolute atomic E-state index is 11.5. The maximum atomic E-state index is 11.5. The van der Waals surface area contributed by atoms with Crippen LogP contribution >= 0.6 is 0 Å². The van der Waals surface area contributed by atoms with E-state index < -0.39 is 0 Å². The van der Waals surface area contributed by atoms with Crippen molar-refractivity contribution in [3.05, 3.63) is 0 Å². The summed E-state index contributed by atoms with van der Waals surface area (Å²) in [6, 6.07) is 0.476. The Morgan fingerprint density at radius 1 is 1.56 bits per heavy atom. The molecule has 1 saturated heterocycles. The number of nitrogens with zero attached hydrogens (tertiary/aromatic N) is 1. The Bertz CT molecular complexity index is 218. The lowest BCUT2D eigenvalue weighted by Crippen LogP contribution is -2.46. The van der Waals surface area contributed by atoms with Gasteiger partial charge in [0.1, 0.15) is 0 Å². The molecule has 0 aromatic heterocycles. The van der Waals surface area contributed by atoms with Crippen molar-refractivity contribution >= 4 is 5.91 Å². The molecule has 3 N–H and O–H groups in total. The zero-order valence-corrected chi connectivity index (χ0v) is 10.5. The molecule has 0 aromatic carbocycles. The van der Waals surface area contributed by atoms with Crippen LogP contribution in [0.1, 0.15) is 39.5 Å². The van der Waals surface area contributed by atoms with Crippen molar-refractivity contribution in [2.45, 2.75) is 51.6 Å². The van der Waals surface area contributed by atoms with E-state index >= 15 is 0 Å². The van der Waals surface area contributed by atoms with Gasteiger partial charge in [-0.3, -0.25) is 9.69 Å². The van der Waals surface area contributed by atoms with Gasteiger partial charge in [0, 0.05) is 25.0 Å². The van der Waals surface area contributed by atoms with Crippen LogP contribution in [0.25, 0.3) is 0 Å². The number of likely N-dealkylation sites (N-methyl/N-ethyl adjacent to an activating group) is 1. The Morgan fingerprint density at radius 2 is 2.31 bits per heavy atom. The molecule has 94 valence electrons. The first-order valence-electron chi connectivity index (χ1n) is 6.39. The molecule has 0 spiro atoms. The van der Waals surface area contributed by atoms with Gasteiger partial charge < -0.3 is 11.1 Å². The van der Waals surface area contributed by atoms with Crippen LogP contribution in [0.15, 0.2) is 0 Å². The molecule has 2 unspecified atom stereocenters. The summed E-state index contributed by atoms with van der Waals surface area (Å²) in [7, 11) is 0. The predicted octanol–water partition coefficient (Wildman–Crippen LogP) is 0.714. The minimum atomic E-state index is -0.0476. The van der Waals surface area contributed by atoms with Crippen LogP contribution < -0.4 is 11.1 Å². The van der Waals surface area contributed by atoms with Crippen LogP contribution in [0, 0.1) is 0 Å². The molecule has 0 bridgehead atoms. The molecule has 0 saturated carbocycles. The van der Waals surface area contributed by atoms with Gasteiger partial charge in [0.25, 0.3) is 0 Å². The summed E-state index contributed by atoms with van der Waals surface area (Å²) in [5.74, 6) is 0.0802. The summed E-state index contributed by atoms with van der Waals surface area (Å²) >= 11 is 0. The highest BCUT2D eigenvalue weighted by Gasteiger charge is 2.21. The van der Waals surface area contributed by atoms with Gasteiger partial charge in [0.05, 0.1) is 0 Å². The molecule has 4 nitrogen and oxygen atoms in total. The average molecular weight is 227 g/mol. The summed E-state index contributed by atoms with van der Waals surface area (Å²) in [4.78, 5) is 13.9. The lowest BCUT2D eigenvalue weighted by atomic mass is 10.0. The monoisotopic (exact) mass is 227 g/mol. The number of rotatable bonds is 5. The van der Waals surface area contributed by atoms with E-state index in [0.29, 0.717) is 12.5 Å². The van der Waals surface area contributed by atoms with Gasteiger partial charge in [-0.15, -0.1) is 0 Å². The van der Waals surface area contributed by atoms with E-state index in [0.717, 1.165) is 13.1 Å². The molecule has 1 aliphatic heterocycles. The van der Waals surface area contributed by atoms with Crippen molar-refractivity contribution in [1.29, 1.82) is 0 Å². The van der Waals surface area contributed by atoms with E-state index in [-0.39, 0.29) is 11.9 Å². The fraction of sp³-hybridized carbons (Fsp3) is 0.917. The van der Waals surface area contributed by atoms with Gasteiger partial charge in [-0.25, -0.2) is 0 Å². The van der Waals surface area contributed by atoms with Crippen molar-refractivity contribution in [2.24, 2.45) is 5.73 Å². The molecule has 0 radical (unpaired) electrons. The van der Waals surface area contributed by atoms with Crippen LogP contribution in [-0.4, -0.2) is 42.5 Å². The predicted molar refractivity (Wildman–Crippen MR) is 66.2 cm³/mol. The zero-order valence-electron chi connectivity index (χ0n) is 10.5. The van der Waals surface area contributed by atoms with Crippen LogP contribution in [0.2, 0.25) is 0 Å². The summed E-state index contributed by atoms with van der Waals surface area (Å²) in [5.41, 5.74) is 5.58. The lowest BCUT2D eigenvalue weighted by Gasteiger charge is -2.34. The minimum Gasteiger partial charge on any atom is -0.354 e. The van der Waals surface area contributed by atoms with Crippen molar-refractivity contribution in [3.63, 3.8) is 0 Å². The minimum absolute atomic E-state index is 0.0476. The molecule has 1 fully saturated rings. The number of likely N-dealkylation sites (tertiary alicyclic amines) is 1. The molecule has 1 rings (SSSR count). The van der Waals surface area contributed by atoms with Gasteiger partial charge >= 0.3 is 0 Å². The highest BCUT2D eigenvalue weighted by Crippen LogP contribution is 2.15. The van der Waals surface area contributed by atoms with E-state index in [1.165, 1.54) is 25.8 Å². The van der Waals surface area contributed by atoms with E-state index in [1.54, 1.807) is 0 Å². The smallest absolute Gasteiger partial charge is 0.221 e. The fourth-order valence-electron chi connectivity index (χ4n) is 2.30. The number of nitrogens with one attached hydrogen (secondary N) is 1. The van der Waals surface area contributed by atoms with Crippen molar-refractivity contribution < 1.29 is 4.79 Å². The zero-order chi connectivity index (χ0) is 12.0. The third-order valence-corrected chi connectivity index (χ3v) is 3.20. The summed E-state index contributed by atoms with van der Waals surface area (Å²) in [6.07, 6.45) is 4.20. The standard InChI is InChI=1S/C12H25N3O/c1-3-15-7-5-4-6-11(15)9-14-12(16)8-10(2)13/h10-11H,3-9,13H2,1-2H3,(H,14,16). The maximum Gasteiger partial charge on any atom is 0.221 e. The largest absolute Gasteiger partial charge is 0.354 e. The second kappa shape index (κ2) is 6.86. The Kier molecular flexibility index (Phi) is 5.77. The van der Waals surface area contributed by atoms with E-state index in [9.17, 15) is 4.79 Å². The first-order chi connectivity index (χ1) is 7.63. The molecule has 16 heavy (non-hydrogen) atoms. The number of amides is 1. The molecule has 1 amide bonds. The third-order valence-electron chi connectivity index (χ3n) is 3.20. The van der Waals surface area contributed by atoms with E-state index in [2.05, 4.69) is 17.1 Å². The number of carbonyl (C=O) groups is 1. The SMILES string of the molecule is CCN1CCCCC1CNC(=O)CC(C)N. The van der Waals surface area contributed by atoms with Crippen LogP contribution in [-0.2, 0) is 4.79 Å². The fourth-order valence-corrected chi connectivity index (χ4v) is 2.30. The number of hydrogen-bond acceptors (Lipinski definition) is 3. The summed E-state index contributed by atoms with van der Waals surface area (Å²) in [6.45, 7) is 7.07. The van der Waals surface area contributed by atoms with Crippen molar-refractivity contribution in [1.82, 2.24) is 10.2 Å². The molecule has 0 aliphatic carbocycles. The Hall–Kier alpha value is -0.610. The average Bonchev–Trinajstić information content (AvgIpc) is 2.26. The van der Waals surface area contributed by atoms with Crippen LogP contribution in [0.5, 0.6) is 0 Å². The van der Waals surface area contributed by atoms with E-state index in [4.69, 9.17) is 5.73 Å². The first kappa shape index (κ1) is 13.5. The molecular weight excluding hydrogens is 202 g/mol. The highest BCUT2D eigenvalue weighted by molar-refractivity contribution is 5.76. The normalized spacial score (nSPS) is 24.1. The van der Waals surface area contributed by atoms with Gasteiger partial charge in [0.15, 0.2) is 0 Å². The van der Waals surface area contributed by atoms with Crippen LogP contribution in [0.4, 0.5) is 0 Å². The second-order valence-electron chi connectivity index (χ2n) is 4.76. The van der Waals surface area contributed by atoms with Gasteiger partial charge in [-0.1, -0.05) is 13.3 Å². The number of nitrogens with two attached hydrogens (primary N) is 1. The van der Waals surface area contributed by atoms with Gasteiger partial charge in [-0.2, -0.15) is 0 Å². The first-order valence-corrected chi connectivity index (χ1v) is 6.39. The van der Waals surface area contributed by atoms with E-state index in [1.807, 2.05) is 6.92 Å². The highest BCUT2D eigenvalue weighted by atomic mass is 16.1. The van der Waals surface area contributed by atoms with Gasteiger partial charge in [-0.05, 0) is 32.9 Å². The lowest BCUT2D eigenvalue weighted by molar-refractivity contribution is -0.121. The second-order valence-corrected chi connectivity index (χ2v) is 4.76. The number of piperidine rings is 1. The molecule has 0 aromatic rings. The summed E-state index contributed by atoms with van der Waals surface area (Å²) < 4.78 is 0. The quantitative estimate of drug-likeness (QED) is 0.727. The molecule has 1 aliphatic rings. The molecule has 4 heteroatoms. The topological polar surface area (TPSA) is 58.4 Å². The van der Waals surface area contributed by atoms with Crippen LogP contribution in [0.3, 0.4) is 0 Å². The Morgan fingerprint density at radius 3 is 2.94 bits per heavy atom. The van der Waals surface area contributed by atoms with Gasteiger partial charge in [0.2, 0.25) is 5.91 Å². The van der Waals surface area contributed by atoms with Crippen molar-refractivity contribution in [2.75, 3.05) is 19.6 Å².